The van der Waals surface area contributed by atoms with Crippen LogP contribution in [0.1, 0.15) is 34.3 Å². The summed E-state index contributed by atoms with van der Waals surface area (Å²) in [5.74, 6) is -0.137. The average Bonchev–Trinajstić information content (AvgIpc) is 2.67. The molecule has 142 valence electrons. The second-order valence-electron chi connectivity index (χ2n) is 6.89. The highest BCUT2D eigenvalue weighted by atomic mass is 35.5. The highest BCUT2D eigenvalue weighted by Gasteiger charge is 2.28. The maximum absolute atomic E-state index is 12.6. The lowest BCUT2D eigenvalue weighted by Gasteiger charge is -2.31. The van der Waals surface area contributed by atoms with Crippen molar-refractivity contribution >= 4 is 35.0 Å². The van der Waals surface area contributed by atoms with Crippen LogP contribution in [0.3, 0.4) is 0 Å². The molecule has 1 heterocycles. The van der Waals surface area contributed by atoms with Crippen molar-refractivity contribution in [2.24, 2.45) is 5.92 Å². The van der Waals surface area contributed by atoms with Crippen molar-refractivity contribution in [2.75, 3.05) is 13.1 Å². The van der Waals surface area contributed by atoms with E-state index in [1.165, 1.54) is 5.56 Å². The summed E-state index contributed by atoms with van der Waals surface area (Å²) in [6.07, 6.45) is 1.30. The summed E-state index contributed by atoms with van der Waals surface area (Å²) >= 11 is 12.0. The van der Waals surface area contributed by atoms with Crippen LogP contribution in [-0.2, 0) is 11.3 Å². The monoisotopic (exact) mass is 404 g/mol. The second kappa shape index (κ2) is 8.77. The molecule has 0 bridgehead atoms. The van der Waals surface area contributed by atoms with E-state index in [1.54, 1.807) is 23.1 Å². The lowest BCUT2D eigenvalue weighted by Crippen LogP contribution is -2.43. The maximum atomic E-state index is 12.6. The molecule has 27 heavy (non-hydrogen) atoms. The van der Waals surface area contributed by atoms with Gasteiger partial charge in [0.05, 0.1) is 10.6 Å². The third kappa shape index (κ3) is 5.02. The molecule has 1 N–H and O–H groups in total. The van der Waals surface area contributed by atoms with Crippen molar-refractivity contribution in [2.45, 2.75) is 26.3 Å². The maximum Gasteiger partial charge on any atom is 0.255 e. The summed E-state index contributed by atoms with van der Waals surface area (Å²) in [4.78, 5) is 26.8. The summed E-state index contributed by atoms with van der Waals surface area (Å²) in [5, 5.41) is 3.85. The van der Waals surface area contributed by atoms with Crippen LogP contribution in [0.25, 0.3) is 0 Å². The molecule has 3 rings (SSSR count). The van der Waals surface area contributed by atoms with Gasteiger partial charge in [0.15, 0.2) is 0 Å². The molecule has 1 fully saturated rings. The van der Waals surface area contributed by atoms with Crippen LogP contribution in [0.5, 0.6) is 0 Å². The SMILES string of the molecule is Cc1ccc(CNC(=O)C2CCN(C(=O)c3ccc(Cl)cc3Cl)CC2)cc1. The zero-order valence-corrected chi connectivity index (χ0v) is 16.7. The predicted molar refractivity (Wildman–Crippen MR) is 108 cm³/mol. The topological polar surface area (TPSA) is 49.4 Å². The molecule has 0 saturated carbocycles. The van der Waals surface area contributed by atoms with Gasteiger partial charge in [-0.2, -0.15) is 0 Å². The number of hydrogen-bond acceptors (Lipinski definition) is 2. The molecule has 4 nitrogen and oxygen atoms in total. The molecule has 2 aromatic rings. The van der Waals surface area contributed by atoms with E-state index in [4.69, 9.17) is 23.2 Å². The van der Waals surface area contributed by atoms with E-state index in [0.29, 0.717) is 48.1 Å². The Hall–Kier alpha value is -2.04. The summed E-state index contributed by atoms with van der Waals surface area (Å²) in [6.45, 7) is 3.65. The van der Waals surface area contributed by atoms with Crippen LogP contribution in [0, 0.1) is 12.8 Å². The van der Waals surface area contributed by atoms with Gasteiger partial charge >= 0.3 is 0 Å². The first kappa shape index (κ1) is 19.7. The zero-order valence-electron chi connectivity index (χ0n) is 15.2. The van der Waals surface area contributed by atoms with E-state index in [1.807, 2.05) is 31.2 Å². The van der Waals surface area contributed by atoms with Gasteiger partial charge < -0.3 is 10.2 Å². The quantitative estimate of drug-likeness (QED) is 0.816. The number of aryl methyl sites for hydroxylation is 1. The van der Waals surface area contributed by atoms with E-state index >= 15 is 0 Å². The van der Waals surface area contributed by atoms with Gasteiger partial charge in [-0.15, -0.1) is 0 Å². The number of nitrogens with zero attached hydrogens (tertiary/aromatic N) is 1. The lowest BCUT2D eigenvalue weighted by atomic mass is 9.95. The van der Waals surface area contributed by atoms with Gasteiger partial charge in [-0.3, -0.25) is 9.59 Å². The molecule has 2 amide bonds. The predicted octanol–water partition coefficient (Wildman–Crippen LogP) is 4.47. The molecular formula is C21H22Cl2N2O2. The third-order valence-corrected chi connectivity index (χ3v) is 5.45. The van der Waals surface area contributed by atoms with Gasteiger partial charge in [0.1, 0.15) is 0 Å². The Morgan fingerprint density at radius 2 is 1.74 bits per heavy atom. The molecule has 0 unspecified atom stereocenters. The summed E-state index contributed by atoms with van der Waals surface area (Å²) in [5.41, 5.74) is 2.73. The number of hydrogen-bond donors (Lipinski definition) is 1. The number of carbonyl (C=O) groups is 2. The van der Waals surface area contributed by atoms with Crippen LogP contribution < -0.4 is 5.32 Å². The van der Waals surface area contributed by atoms with Crippen LogP contribution in [0.2, 0.25) is 10.0 Å². The van der Waals surface area contributed by atoms with Gasteiger partial charge in [-0.25, -0.2) is 0 Å². The molecule has 0 atom stereocenters. The number of carbonyl (C=O) groups excluding carboxylic acids is 2. The Kier molecular flexibility index (Phi) is 6.40. The molecule has 1 aliphatic heterocycles. The molecule has 6 heteroatoms. The van der Waals surface area contributed by atoms with Gasteiger partial charge in [-0.1, -0.05) is 53.0 Å². The summed E-state index contributed by atoms with van der Waals surface area (Å²) < 4.78 is 0. The fourth-order valence-corrected chi connectivity index (χ4v) is 3.71. The normalized spacial score (nSPS) is 14.9. The molecule has 0 aromatic heterocycles. The van der Waals surface area contributed by atoms with Crippen molar-refractivity contribution in [3.63, 3.8) is 0 Å². The molecule has 2 aromatic carbocycles. The number of benzene rings is 2. The minimum atomic E-state index is -0.116. The van der Waals surface area contributed by atoms with Crippen LogP contribution >= 0.6 is 23.2 Å². The fourth-order valence-electron chi connectivity index (χ4n) is 3.22. The molecule has 0 radical (unpaired) electrons. The highest BCUT2D eigenvalue weighted by molar-refractivity contribution is 6.36. The first-order chi connectivity index (χ1) is 12.9. The number of likely N-dealkylation sites (tertiary alicyclic amines) is 1. The first-order valence-electron chi connectivity index (χ1n) is 9.01. The van der Waals surface area contributed by atoms with Gasteiger partial charge in [0, 0.05) is 30.6 Å². The summed E-state index contributed by atoms with van der Waals surface area (Å²) in [6, 6.07) is 13.0. The molecule has 1 saturated heterocycles. The zero-order chi connectivity index (χ0) is 19.4. The van der Waals surface area contributed by atoms with Crippen molar-refractivity contribution < 1.29 is 9.59 Å². The van der Waals surface area contributed by atoms with Crippen molar-refractivity contribution in [1.82, 2.24) is 10.2 Å². The molecule has 0 spiro atoms. The molecule has 0 aliphatic carbocycles. The number of halogens is 2. The second-order valence-corrected chi connectivity index (χ2v) is 7.74. The van der Waals surface area contributed by atoms with Crippen LogP contribution in [0.4, 0.5) is 0 Å². The van der Waals surface area contributed by atoms with E-state index in [2.05, 4.69) is 5.32 Å². The summed E-state index contributed by atoms with van der Waals surface area (Å²) in [7, 11) is 0. The Bertz CT molecular complexity index is 829. The molecular weight excluding hydrogens is 383 g/mol. The minimum Gasteiger partial charge on any atom is -0.352 e. The fraction of sp³-hybridized carbons (Fsp3) is 0.333. The standard InChI is InChI=1S/C21H22Cl2N2O2/c1-14-2-4-15(5-3-14)13-24-20(26)16-8-10-25(11-9-16)21(27)18-7-6-17(22)12-19(18)23/h2-7,12,16H,8-11,13H2,1H3,(H,24,26). The van der Waals surface area contributed by atoms with E-state index in [-0.39, 0.29) is 17.7 Å². The van der Waals surface area contributed by atoms with Gasteiger partial charge in [0.25, 0.3) is 5.91 Å². The largest absolute Gasteiger partial charge is 0.352 e. The van der Waals surface area contributed by atoms with Gasteiger partial charge in [0.2, 0.25) is 5.91 Å². The van der Waals surface area contributed by atoms with E-state index in [0.717, 1.165) is 5.56 Å². The molecule has 1 aliphatic rings. The minimum absolute atomic E-state index is 0.0483. The Morgan fingerprint density at radius 3 is 2.37 bits per heavy atom. The third-order valence-electron chi connectivity index (χ3n) is 4.90. The number of piperidine rings is 1. The van der Waals surface area contributed by atoms with E-state index < -0.39 is 0 Å². The highest BCUT2D eigenvalue weighted by Crippen LogP contribution is 2.25. The first-order valence-corrected chi connectivity index (χ1v) is 9.77. The Labute approximate surface area is 169 Å². The smallest absolute Gasteiger partial charge is 0.255 e. The average molecular weight is 405 g/mol. The van der Waals surface area contributed by atoms with Gasteiger partial charge in [-0.05, 0) is 43.5 Å². The Morgan fingerprint density at radius 1 is 1.07 bits per heavy atom. The van der Waals surface area contributed by atoms with Crippen molar-refractivity contribution in [1.29, 1.82) is 0 Å². The number of amides is 2. The number of rotatable bonds is 4. The van der Waals surface area contributed by atoms with Crippen LogP contribution in [-0.4, -0.2) is 29.8 Å². The lowest BCUT2D eigenvalue weighted by molar-refractivity contribution is -0.126. The van der Waals surface area contributed by atoms with Crippen LogP contribution in [0.15, 0.2) is 42.5 Å². The number of nitrogens with one attached hydrogen (secondary N) is 1. The Balaban J connectivity index is 1.51. The van der Waals surface area contributed by atoms with Crippen molar-refractivity contribution in [3.8, 4) is 0 Å². The van der Waals surface area contributed by atoms with E-state index in [9.17, 15) is 9.59 Å². The van der Waals surface area contributed by atoms with Crippen molar-refractivity contribution in [3.05, 3.63) is 69.2 Å².